The van der Waals surface area contributed by atoms with E-state index in [9.17, 15) is 4.39 Å². The van der Waals surface area contributed by atoms with Crippen LogP contribution in [0.2, 0.25) is 5.02 Å². The van der Waals surface area contributed by atoms with Gasteiger partial charge in [-0.15, -0.1) is 0 Å². The van der Waals surface area contributed by atoms with Gasteiger partial charge in [0.1, 0.15) is 5.82 Å². The quantitative estimate of drug-likeness (QED) is 0.645. The molecular weight excluding hydrogens is 177 g/mol. The summed E-state index contributed by atoms with van der Waals surface area (Å²) in [6.45, 7) is 1.91. The van der Waals surface area contributed by atoms with E-state index in [-0.39, 0.29) is 5.82 Å². The second-order valence-electron chi connectivity index (χ2n) is 2.78. The van der Waals surface area contributed by atoms with Crippen molar-refractivity contribution in [2.75, 3.05) is 0 Å². The largest absolute Gasteiger partial charge is 0.360 e. The van der Waals surface area contributed by atoms with Gasteiger partial charge in [0.05, 0.1) is 10.5 Å². The monoisotopic (exact) mass is 183 g/mol. The van der Waals surface area contributed by atoms with Gasteiger partial charge in [-0.25, -0.2) is 4.39 Å². The molecule has 0 spiro atoms. The number of benzene rings is 1. The van der Waals surface area contributed by atoms with Gasteiger partial charge in [0.2, 0.25) is 0 Å². The number of rotatable bonds is 0. The highest BCUT2D eigenvalue weighted by Crippen LogP contribution is 2.25. The molecule has 12 heavy (non-hydrogen) atoms. The minimum absolute atomic E-state index is 0.296. The normalized spacial score (nSPS) is 10.9. The maximum atomic E-state index is 12.9. The minimum atomic E-state index is -0.296. The summed E-state index contributed by atoms with van der Waals surface area (Å²) >= 11 is 5.80. The lowest BCUT2D eigenvalue weighted by molar-refractivity contribution is 0.630. The molecule has 0 saturated carbocycles. The van der Waals surface area contributed by atoms with Crippen LogP contribution in [0.4, 0.5) is 4.39 Å². The lowest BCUT2D eigenvalue weighted by atomic mass is 10.2. The van der Waals surface area contributed by atoms with E-state index in [1.807, 2.05) is 13.1 Å². The van der Waals surface area contributed by atoms with Gasteiger partial charge in [-0.2, -0.15) is 0 Å². The molecule has 62 valence electrons. The number of H-pyrrole nitrogens is 1. The highest BCUT2D eigenvalue weighted by Gasteiger charge is 2.05. The van der Waals surface area contributed by atoms with Crippen LogP contribution in [-0.2, 0) is 0 Å². The molecule has 1 heterocycles. The Bertz CT molecular complexity index is 433. The molecule has 0 unspecified atom stereocenters. The summed E-state index contributed by atoms with van der Waals surface area (Å²) in [6.07, 6.45) is 1.82. The maximum Gasteiger partial charge on any atom is 0.125 e. The van der Waals surface area contributed by atoms with Gasteiger partial charge in [0, 0.05) is 11.6 Å². The van der Waals surface area contributed by atoms with Crippen molar-refractivity contribution in [1.82, 2.24) is 4.98 Å². The van der Waals surface area contributed by atoms with Crippen LogP contribution in [0.15, 0.2) is 18.3 Å². The van der Waals surface area contributed by atoms with E-state index in [1.165, 1.54) is 12.1 Å². The first-order valence-electron chi connectivity index (χ1n) is 3.61. The Kier molecular flexibility index (Phi) is 1.58. The zero-order chi connectivity index (χ0) is 8.72. The van der Waals surface area contributed by atoms with Gasteiger partial charge in [-0.1, -0.05) is 11.6 Å². The number of hydrogen-bond acceptors (Lipinski definition) is 0. The maximum absolute atomic E-state index is 12.9. The van der Waals surface area contributed by atoms with Crippen molar-refractivity contribution in [2.45, 2.75) is 6.92 Å². The average molecular weight is 184 g/mol. The number of fused-ring (bicyclic) bond motifs is 1. The van der Waals surface area contributed by atoms with E-state index < -0.39 is 0 Å². The summed E-state index contributed by atoms with van der Waals surface area (Å²) < 4.78 is 12.9. The Balaban J connectivity index is 2.92. The summed E-state index contributed by atoms with van der Waals surface area (Å²) in [6, 6.07) is 2.78. The average Bonchev–Trinajstić information content (AvgIpc) is 2.33. The van der Waals surface area contributed by atoms with Crippen molar-refractivity contribution in [3.05, 3.63) is 34.7 Å². The molecule has 1 nitrogen and oxygen atoms in total. The van der Waals surface area contributed by atoms with Crippen molar-refractivity contribution in [1.29, 1.82) is 0 Å². The van der Waals surface area contributed by atoms with Crippen LogP contribution in [-0.4, -0.2) is 4.98 Å². The van der Waals surface area contributed by atoms with Crippen molar-refractivity contribution < 1.29 is 4.39 Å². The first-order valence-corrected chi connectivity index (χ1v) is 3.99. The number of aromatic nitrogens is 1. The van der Waals surface area contributed by atoms with Gasteiger partial charge in [0.15, 0.2) is 0 Å². The molecule has 0 aliphatic carbocycles. The van der Waals surface area contributed by atoms with E-state index >= 15 is 0 Å². The lowest BCUT2D eigenvalue weighted by Gasteiger charge is -1.95. The molecule has 1 aromatic carbocycles. The fraction of sp³-hybridized carbons (Fsp3) is 0.111. The van der Waals surface area contributed by atoms with Crippen LogP contribution in [0.25, 0.3) is 10.9 Å². The third-order valence-corrected chi connectivity index (χ3v) is 2.21. The molecule has 0 aliphatic rings. The van der Waals surface area contributed by atoms with E-state index in [0.29, 0.717) is 5.02 Å². The van der Waals surface area contributed by atoms with Gasteiger partial charge in [-0.05, 0) is 24.6 Å². The predicted molar refractivity (Wildman–Crippen MR) is 48.0 cm³/mol. The second kappa shape index (κ2) is 2.49. The Hall–Kier alpha value is -1.02. The van der Waals surface area contributed by atoms with Crippen molar-refractivity contribution in [3.63, 3.8) is 0 Å². The van der Waals surface area contributed by atoms with E-state index in [0.717, 1.165) is 16.5 Å². The fourth-order valence-electron chi connectivity index (χ4n) is 1.29. The number of hydrogen-bond donors (Lipinski definition) is 1. The zero-order valence-electron chi connectivity index (χ0n) is 6.49. The molecule has 1 aromatic heterocycles. The molecule has 1 N–H and O–H groups in total. The molecule has 3 heteroatoms. The Morgan fingerprint density at radius 2 is 2.17 bits per heavy atom. The molecule has 0 aliphatic heterocycles. The Morgan fingerprint density at radius 1 is 1.42 bits per heavy atom. The van der Waals surface area contributed by atoms with E-state index in [1.54, 1.807) is 0 Å². The molecule has 2 rings (SSSR count). The van der Waals surface area contributed by atoms with Gasteiger partial charge < -0.3 is 4.98 Å². The summed E-state index contributed by atoms with van der Waals surface area (Å²) in [4.78, 5) is 2.98. The van der Waals surface area contributed by atoms with Crippen LogP contribution in [0.1, 0.15) is 5.56 Å². The highest BCUT2D eigenvalue weighted by atomic mass is 35.5. The molecule has 2 aromatic rings. The third kappa shape index (κ3) is 0.994. The smallest absolute Gasteiger partial charge is 0.125 e. The summed E-state index contributed by atoms with van der Waals surface area (Å²) in [5.41, 5.74) is 1.81. The first-order chi connectivity index (χ1) is 5.68. The zero-order valence-corrected chi connectivity index (χ0v) is 7.24. The Labute approximate surface area is 74.2 Å². The molecule has 0 atom stereocenters. The minimum Gasteiger partial charge on any atom is -0.360 e. The number of aryl methyl sites for hydroxylation is 1. The third-order valence-electron chi connectivity index (χ3n) is 1.91. The van der Waals surface area contributed by atoms with Crippen LogP contribution in [0, 0.1) is 12.7 Å². The Morgan fingerprint density at radius 3 is 2.92 bits per heavy atom. The number of halogens is 2. The predicted octanol–water partition coefficient (Wildman–Crippen LogP) is 3.27. The van der Waals surface area contributed by atoms with Gasteiger partial charge in [0.25, 0.3) is 0 Å². The van der Waals surface area contributed by atoms with Crippen LogP contribution in [0.5, 0.6) is 0 Å². The summed E-state index contributed by atoms with van der Waals surface area (Å²) in [7, 11) is 0. The fourth-order valence-corrected chi connectivity index (χ4v) is 1.55. The summed E-state index contributed by atoms with van der Waals surface area (Å²) in [5.74, 6) is -0.296. The molecule has 0 bridgehead atoms. The molecule has 0 fully saturated rings. The summed E-state index contributed by atoms with van der Waals surface area (Å²) in [5, 5.41) is 1.28. The topological polar surface area (TPSA) is 15.8 Å². The van der Waals surface area contributed by atoms with Crippen molar-refractivity contribution >= 4 is 22.5 Å². The van der Waals surface area contributed by atoms with Gasteiger partial charge >= 0.3 is 0 Å². The van der Waals surface area contributed by atoms with Crippen LogP contribution in [0.3, 0.4) is 0 Å². The van der Waals surface area contributed by atoms with Crippen molar-refractivity contribution in [3.8, 4) is 0 Å². The lowest BCUT2D eigenvalue weighted by Crippen LogP contribution is -1.76. The van der Waals surface area contributed by atoms with Crippen molar-refractivity contribution in [2.24, 2.45) is 0 Å². The highest BCUT2D eigenvalue weighted by molar-refractivity contribution is 6.35. The van der Waals surface area contributed by atoms with E-state index in [2.05, 4.69) is 4.98 Å². The molecule has 0 amide bonds. The van der Waals surface area contributed by atoms with Gasteiger partial charge in [-0.3, -0.25) is 0 Å². The van der Waals surface area contributed by atoms with Crippen LogP contribution >= 0.6 is 11.6 Å². The number of nitrogens with one attached hydrogen (secondary N) is 1. The van der Waals surface area contributed by atoms with E-state index in [4.69, 9.17) is 11.6 Å². The SMILES string of the molecule is Cc1c[nH]c2c(Cl)cc(F)cc12. The molecule has 0 saturated heterocycles. The second-order valence-corrected chi connectivity index (χ2v) is 3.19. The van der Waals surface area contributed by atoms with Crippen LogP contribution < -0.4 is 0 Å². The standard InChI is InChI=1S/C9H7ClFN/c1-5-4-12-9-7(5)2-6(11)3-8(9)10/h2-4,12H,1H3. The molecular formula is C9H7ClFN. The molecule has 0 radical (unpaired) electrons. The first kappa shape index (κ1) is 7.62. The number of aromatic amines is 1.